The van der Waals surface area contributed by atoms with E-state index in [9.17, 15) is 13.2 Å². The lowest BCUT2D eigenvalue weighted by Crippen LogP contribution is -2.43. The first kappa shape index (κ1) is 15.4. The molecule has 2 fully saturated rings. The first-order chi connectivity index (χ1) is 10.5. The molecule has 1 aliphatic carbocycles. The van der Waals surface area contributed by atoms with Crippen LogP contribution in [0, 0.1) is 5.92 Å². The fraction of sp³-hybridized carbons (Fsp3) is 0.769. The molecule has 1 saturated heterocycles. The first-order valence-corrected chi connectivity index (χ1v) is 9.25. The minimum absolute atomic E-state index is 0.0329. The van der Waals surface area contributed by atoms with Crippen molar-refractivity contribution in [2.24, 2.45) is 11.7 Å². The number of hydrogen-bond acceptors (Lipinski definition) is 5. The van der Waals surface area contributed by atoms with Crippen molar-refractivity contribution < 1.29 is 13.2 Å². The van der Waals surface area contributed by atoms with Gasteiger partial charge in [-0.15, -0.1) is 5.10 Å². The molecule has 2 aliphatic rings. The monoisotopic (exact) mass is 327 g/mol. The maximum Gasteiger partial charge on any atom is 0.288 e. The minimum Gasteiger partial charge on any atom is -0.363 e. The summed E-state index contributed by atoms with van der Waals surface area (Å²) in [5, 5.41) is 4.05. The number of hydrogen-bond donors (Lipinski definition) is 1. The number of nitrogens with two attached hydrogens (primary N) is 1. The zero-order valence-electron chi connectivity index (χ0n) is 12.4. The van der Waals surface area contributed by atoms with Gasteiger partial charge < -0.3 is 5.73 Å². The Balaban J connectivity index is 1.68. The van der Waals surface area contributed by atoms with Gasteiger partial charge in [-0.05, 0) is 31.6 Å². The molecular formula is C13H21N5O3S. The molecule has 3 rings (SSSR count). The standard InChI is InChI=1S/C13H21N5O3S/c14-12(19)13-15-9-18(16-13)11-5-2-6-17(7-11)22(20,21)8-10-3-1-4-10/h9-11H,1-8H2,(H2,14,19). The molecule has 1 saturated carbocycles. The van der Waals surface area contributed by atoms with Gasteiger partial charge in [0.2, 0.25) is 15.8 Å². The summed E-state index contributed by atoms with van der Waals surface area (Å²) in [6.45, 7) is 0.944. The molecule has 2 heterocycles. The molecule has 8 nitrogen and oxygen atoms in total. The molecule has 1 unspecified atom stereocenters. The second-order valence-electron chi connectivity index (χ2n) is 6.14. The third-order valence-electron chi connectivity index (χ3n) is 4.53. The van der Waals surface area contributed by atoms with E-state index in [1.54, 1.807) is 8.99 Å². The van der Waals surface area contributed by atoms with Gasteiger partial charge in [0.05, 0.1) is 11.8 Å². The summed E-state index contributed by atoms with van der Waals surface area (Å²) < 4.78 is 28.1. The van der Waals surface area contributed by atoms with Crippen LogP contribution in [0.1, 0.15) is 48.8 Å². The Hall–Kier alpha value is -1.48. The lowest BCUT2D eigenvalue weighted by Gasteiger charge is -2.34. The molecule has 0 aromatic carbocycles. The fourth-order valence-corrected chi connectivity index (χ4v) is 4.96. The quantitative estimate of drug-likeness (QED) is 0.827. The molecule has 2 N–H and O–H groups in total. The van der Waals surface area contributed by atoms with Crippen LogP contribution in [0.4, 0.5) is 0 Å². The summed E-state index contributed by atoms with van der Waals surface area (Å²) in [6, 6.07) is -0.0921. The van der Waals surface area contributed by atoms with Crippen molar-refractivity contribution in [3.63, 3.8) is 0 Å². The van der Waals surface area contributed by atoms with Crippen molar-refractivity contribution in [2.45, 2.75) is 38.1 Å². The average Bonchev–Trinajstić information content (AvgIpc) is 2.93. The van der Waals surface area contributed by atoms with E-state index in [0.29, 0.717) is 19.0 Å². The number of primary amides is 1. The molecule has 9 heteroatoms. The molecule has 1 aliphatic heterocycles. The van der Waals surface area contributed by atoms with Gasteiger partial charge in [0.25, 0.3) is 5.91 Å². The van der Waals surface area contributed by atoms with Crippen LogP contribution in [-0.2, 0) is 10.0 Å². The Labute approximate surface area is 129 Å². The number of piperidine rings is 1. The molecule has 1 aromatic rings. The zero-order chi connectivity index (χ0) is 15.7. The molecule has 0 spiro atoms. The summed E-state index contributed by atoms with van der Waals surface area (Å²) in [4.78, 5) is 14.9. The lowest BCUT2D eigenvalue weighted by atomic mass is 9.87. The van der Waals surface area contributed by atoms with Gasteiger partial charge in [-0.25, -0.2) is 18.1 Å². The number of amides is 1. The van der Waals surface area contributed by atoms with Crippen molar-refractivity contribution in [2.75, 3.05) is 18.8 Å². The third-order valence-corrected chi connectivity index (χ3v) is 6.54. The Kier molecular flexibility index (Phi) is 4.18. The minimum atomic E-state index is -3.21. The maximum absolute atomic E-state index is 12.5. The molecule has 1 aromatic heterocycles. The molecule has 1 atom stereocenters. The van der Waals surface area contributed by atoms with Gasteiger partial charge in [-0.2, -0.15) is 4.31 Å². The highest BCUT2D eigenvalue weighted by Crippen LogP contribution is 2.30. The summed E-state index contributed by atoms with van der Waals surface area (Å²) in [6.07, 6.45) is 6.21. The molecule has 22 heavy (non-hydrogen) atoms. The Morgan fingerprint density at radius 1 is 1.32 bits per heavy atom. The van der Waals surface area contributed by atoms with Gasteiger partial charge in [-0.1, -0.05) is 6.42 Å². The molecule has 122 valence electrons. The summed E-state index contributed by atoms with van der Waals surface area (Å²) in [5.74, 6) is -0.138. The second kappa shape index (κ2) is 5.96. The predicted octanol–water partition coefficient (Wildman–Crippen LogP) is 0.144. The van der Waals surface area contributed by atoms with Crippen LogP contribution in [-0.4, -0.2) is 52.2 Å². The van der Waals surface area contributed by atoms with Gasteiger partial charge in [0.15, 0.2) is 0 Å². The number of sulfonamides is 1. The topological polar surface area (TPSA) is 111 Å². The van der Waals surface area contributed by atoms with E-state index in [1.807, 2.05) is 0 Å². The van der Waals surface area contributed by atoms with Gasteiger partial charge >= 0.3 is 0 Å². The number of carbonyl (C=O) groups is 1. The molecule has 0 radical (unpaired) electrons. The maximum atomic E-state index is 12.5. The fourth-order valence-electron chi connectivity index (χ4n) is 3.02. The van der Waals surface area contributed by atoms with Crippen LogP contribution in [0.15, 0.2) is 6.33 Å². The molecular weight excluding hydrogens is 306 g/mol. The highest BCUT2D eigenvalue weighted by atomic mass is 32.2. The van der Waals surface area contributed by atoms with E-state index in [1.165, 1.54) is 6.33 Å². The molecule has 1 amide bonds. The van der Waals surface area contributed by atoms with Gasteiger partial charge in [0, 0.05) is 13.1 Å². The Morgan fingerprint density at radius 3 is 2.68 bits per heavy atom. The first-order valence-electron chi connectivity index (χ1n) is 7.64. The Morgan fingerprint density at radius 2 is 2.09 bits per heavy atom. The van der Waals surface area contributed by atoms with E-state index < -0.39 is 15.9 Å². The van der Waals surface area contributed by atoms with E-state index in [0.717, 1.165) is 32.1 Å². The average molecular weight is 327 g/mol. The van der Waals surface area contributed by atoms with Crippen LogP contribution < -0.4 is 5.73 Å². The third kappa shape index (κ3) is 3.14. The number of aromatic nitrogens is 3. The van der Waals surface area contributed by atoms with E-state index in [-0.39, 0.29) is 17.6 Å². The van der Waals surface area contributed by atoms with Crippen LogP contribution in [0.3, 0.4) is 0 Å². The predicted molar refractivity (Wildman–Crippen MR) is 79.5 cm³/mol. The van der Waals surface area contributed by atoms with E-state index in [2.05, 4.69) is 10.1 Å². The van der Waals surface area contributed by atoms with Crippen LogP contribution >= 0.6 is 0 Å². The highest BCUT2D eigenvalue weighted by molar-refractivity contribution is 7.89. The van der Waals surface area contributed by atoms with Gasteiger partial charge in [-0.3, -0.25) is 4.79 Å². The largest absolute Gasteiger partial charge is 0.363 e. The van der Waals surface area contributed by atoms with Crippen molar-refractivity contribution >= 4 is 15.9 Å². The van der Waals surface area contributed by atoms with Crippen molar-refractivity contribution in [3.05, 3.63) is 12.2 Å². The van der Waals surface area contributed by atoms with Crippen molar-refractivity contribution in [1.82, 2.24) is 19.1 Å². The van der Waals surface area contributed by atoms with E-state index >= 15 is 0 Å². The second-order valence-corrected chi connectivity index (χ2v) is 8.16. The number of nitrogens with zero attached hydrogens (tertiary/aromatic N) is 4. The number of rotatable bonds is 5. The van der Waals surface area contributed by atoms with E-state index in [4.69, 9.17) is 5.73 Å². The SMILES string of the molecule is NC(=O)c1ncn(C2CCCN(S(=O)(=O)CC3CCC3)C2)n1. The summed E-state index contributed by atoms with van der Waals surface area (Å²) >= 11 is 0. The molecule has 0 bridgehead atoms. The summed E-state index contributed by atoms with van der Waals surface area (Å²) in [5.41, 5.74) is 5.15. The lowest BCUT2D eigenvalue weighted by molar-refractivity contribution is 0.0989. The zero-order valence-corrected chi connectivity index (χ0v) is 13.2. The van der Waals surface area contributed by atoms with Crippen LogP contribution in [0.5, 0.6) is 0 Å². The summed E-state index contributed by atoms with van der Waals surface area (Å²) in [7, 11) is -3.21. The van der Waals surface area contributed by atoms with Crippen LogP contribution in [0.2, 0.25) is 0 Å². The highest BCUT2D eigenvalue weighted by Gasteiger charge is 2.33. The number of carbonyl (C=O) groups excluding carboxylic acids is 1. The normalized spacial score (nSPS) is 24.1. The van der Waals surface area contributed by atoms with Crippen molar-refractivity contribution in [1.29, 1.82) is 0 Å². The van der Waals surface area contributed by atoms with Gasteiger partial charge in [0.1, 0.15) is 6.33 Å². The van der Waals surface area contributed by atoms with Crippen molar-refractivity contribution in [3.8, 4) is 0 Å². The smallest absolute Gasteiger partial charge is 0.288 e. The Bertz CT molecular complexity index is 652. The van der Waals surface area contributed by atoms with Crippen LogP contribution in [0.25, 0.3) is 0 Å².